The lowest BCUT2D eigenvalue weighted by Gasteiger charge is -2.41. The summed E-state index contributed by atoms with van der Waals surface area (Å²) in [7, 11) is 1.60. The van der Waals surface area contributed by atoms with Crippen LogP contribution in [0.15, 0.2) is 24.3 Å². The van der Waals surface area contributed by atoms with Crippen LogP contribution in [-0.2, 0) is 4.79 Å². The summed E-state index contributed by atoms with van der Waals surface area (Å²) in [5.74, 6) is 1.50. The van der Waals surface area contributed by atoms with Crippen LogP contribution in [0.25, 0.3) is 0 Å². The fourth-order valence-corrected chi connectivity index (χ4v) is 4.11. The molecule has 0 unspecified atom stereocenters. The zero-order valence-electron chi connectivity index (χ0n) is 14.4. The Balaban J connectivity index is 1.53. The van der Waals surface area contributed by atoms with Crippen molar-refractivity contribution in [3.8, 4) is 0 Å². The maximum absolute atomic E-state index is 12.3. The molecule has 0 radical (unpaired) electrons. The summed E-state index contributed by atoms with van der Waals surface area (Å²) in [5.41, 5.74) is 1.23. The standard InChI is InChI=1S/C19H27N3O2/c1-20-19(24)15-7-4-8-17(11-15)21-18(23)13-22-10-9-14-5-2-3-6-16(14)12-22/h4,7-8,11,14,16H,2-3,5-6,9-10,12-13H2,1H3,(H,20,24)(H,21,23)/t14-,16-/m1/s1. The summed E-state index contributed by atoms with van der Waals surface area (Å²) in [6.07, 6.45) is 6.63. The van der Waals surface area contributed by atoms with E-state index >= 15 is 0 Å². The quantitative estimate of drug-likeness (QED) is 0.892. The monoisotopic (exact) mass is 329 g/mol. The molecule has 2 fully saturated rings. The molecule has 3 rings (SSSR count). The van der Waals surface area contributed by atoms with Crippen molar-refractivity contribution in [3.63, 3.8) is 0 Å². The van der Waals surface area contributed by atoms with Gasteiger partial charge in [-0.05, 0) is 49.4 Å². The third-order valence-corrected chi connectivity index (χ3v) is 5.38. The lowest BCUT2D eigenvalue weighted by atomic mass is 9.75. The van der Waals surface area contributed by atoms with Crippen molar-refractivity contribution < 1.29 is 9.59 Å². The van der Waals surface area contributed by atoms with Gasteiger partial charge in [-0.2, -0.15) is 0 Å². The third-order valence-electron chi connectivity index (χ3n) is 5.38. The highest BCUT2D eigenvalue weighted by molar-refractivity contribution is 5.97. The van der Waals surface area contributed by atoms with E-state index in [4.69, 9.17) is 0 Å². The molecule has 0 spiro atoms. The van der Waals surface area contributed by atoms with Gasteiger partial charge in [0.05, 0.1) is 6.54 Å². The predicted molar refractivity (Wildman–Crippen MR) is 95.0 cm³/mol. The third kappa shape index (κ3) is 4.15. The summed E-state index contributed by atoms with van der Waals surface area (Å²) in [5, 5.41) is 5.51. The Bertz CT molecular complexity index is 602. The van der Waals surface area contributed by atoms with E-state index < -0.39 is 0 Å². The van der Waals surface area contributed by atoms with E-state index in [-0.39, 0.29) is 11.8 Å². The van der Waals surface area contributed by atoms with E-state index in [1.165, 1.54) is 32.1 Å². The molecule has 1 aromatic carbocycles. The number of carbonyl (C=O) groups excluding carboxylic acids is 2. The van der Waals surface area contributed by atoms with Crippen molar-refractivity contribution >= 4 is 17.5 Å². The molecule has 1 aliphatic carbocycles. The van der Waals surface area contributed by atoms with Gasteiger partial charge in [0.15, 0.2) is 0 Å². The molecule has 2 atom stereocenters. The number of benzene rings is 1. The van der Waals surface area contributed by atoms with Gasteiger partial charge in [0, 0.05) is 24.8 Å². The van der Waals surface area contributed by atoms with Gasteiger partial charge in [-0.15, -0.1) is 0 Å². The lowest BCUT2D eigenvalue weighted by molar-refractivity contribution is -0.118. The van der Waals surface area contributed by atoms with Crippen molar-refractivity contribution in [2.45, 2.75) is 32.1 Å². The first-order chi connectivity index (χ1) is 11.7. The average Bonchev–Trinajstić information content (AvgIpc) is 2.61. The van der Waals surface area contributed by atoms with Crippen molar-refractivity contribution in [3.05, 3.63) is 29.8 Å². The topological polar surface area (TPSA) is 61.4 Å². The summed E-state index contributed by atoms with van der Waals surface area (Å²) in [4.78, 5) is 26.3. The number of fused-ring (bicyclic) bond motifs is 1. The minimum Gasteiger partial charge on any atom is -0.355 e. The molecule has 0 bridgehead atoms. The van der Waals surface area contributed by atoms with Crippen LogP contribution in [0.2, 0.25) is 0 Å². The first kappa shape index (κ1) is 17.0. The highest BCUT2D eigenvalue weighted by atomic mass is 16.2. The summed E-state index contributed by atoms with van der Waals surface area (Å²) >= 11 is 0. The normalized spacial score (nSPS) is 24.0. The molecule has 1 aromatic rings. The van der Waals surface area contributed by atoms with Gasteiger partial charge in [0.2, 0.25) is 5.91 Å². The number of rotatable bonds is 4. The van der Waals surface area contributed by atoms with Gasteiger partial charge in [0.25, 0.3) is 5.91 Å². The molecule has 1 heterocycles. The van der Waals surface area contributed by atoms with E-state index in [2.05, 4.69) is 15.5 Å². The van der Waals surface area contributed by atoms with E-state index in [0.717, 1.165) is 24.9 Å². The molecule has 5 heteroatoms. The van der Waals surface area contributed by atoms with Gasteiger partial charge < -0.3 is 10.6 Å². The number of carbonyl (C=O) groups is 2. The summed E-state index contributed by atoms with van der Waals surface area (Å²) < 4.78 is 0. The SMILES string of the molecule is CNC(=O)c1cccc(NC(=O)CN2CC[C@H]3CCCC[C@@H]3C2)c1. The molecule has 24 heavy (non-hydrogen) atoms. The molecule has 2 N–H and O–H groups in total. The average molecular weight is 329 g/mol. The Morgan fingerprint density at radius 3 is 2.75 bits per heavy atom. The fourth-order valence-electron chi connectivity index (χ4n) is 4.11. The Hall–Kier alpha value is -1.88. The smallest absolute Gasteiger partial charge is 0.251 e. The number of piperidine rings is 1. The summed E-state index contributed by atoms with van der Waals surface area (Å²) in [6, 6.07) is 7.05. The van der Waals surface area contributed by atoms with Gasteiger partial charge in [0.1, 0.15) is 0 Å². The second kappa shape index (κ2) is 7.79. The first-order valence-electron chi connectivity index (χ1n) is 9.00. The Kier molecular flexibility index (Phi) is 5.51. The van der Waals surface area contributed by atoms with E-state index in [1.54, 1.807) is 25.2 Å². The predicted octanol–water partition coefficient (Wildman–Crippen LogP) is 2.50. The van der Waals surface area contributed by atoms with Crippen LogP contribution in [0.3, 0.4) is 0 Å². The molecule has 130 valence electrons. The highest BCUT2D eigenvalue weighted by Gasteiger charge is 2.31. The molecule has 0 aromatic heterocycles. The minimum absolute atomic E-state index is 0.00156. The van der Waals surface area contributed by atoms with Gasteiger partial charge in [-0.1, -0.05) is 25.3 Å². The van der Waals surface area contributed by atoms with Gasteiger partial charge >= 0.3 is 0 Å². The van der Waals surface area contributed by atoms with Crippen LogP contribution in [-0.4, -0.2) is 43.4 Å². The lowest BCUT2D eigenvalue weighted by Crippen LogP contribution is -2.44. The van der Waals surface area contributed by atoms with Crippen LogP contribution in [0.4, 0.5) is 5.69 Å². The summed E-state index contributed by atoms with van der Waals surface area (Å²) in [6.45, 7) is 2.51. The number of amides is 2. The van der Waals surface area contributed by atoms with Crippen molar-refractivity contribution in [1.29, 1.82) is 0 Å². The van der Waals surface area contributed by atoms with Crippen LogP contribution in [0.1, 0.15) is 42.5 Å². The van der Waals surface area contributed by atoms with Crippen molar-refractivity contribution in [2.24, 2.45) is 11.8 Å². The van der Waals surface area contributed by atoms with Crippen LogP contribution < -0.4 is 10.6 Å². The maximum atomic E-state index is 12.3. The van der Waals surface area contributed by atoms with Crippen LogP contribution in [0.5, 0.6) is 0 Å². The molecular formula is C19H27N3O2. The van der Waals surface area contributed by atoms with Crippen molar-refractivity contribution in [2.75, 3.05) is 32.0 Å². The minimum atomic E-state index is -0.148. The maximum Gasteiger partial charge on any atom is 0.251 e. The molecule has 1 saturated heterocycles. The second-order valence-corrected chi connectivity index (χ2v) is 7.04. The number of nitrogens with zero attached hydrogens (tertiary/aromatic N) is 1. The number of likely N-dealkylation sites (tertiary alicyclic amines) is 1. The van der Waals surface area contributed by atoms with Gasteiger partial charge in [-0.3, -0.25) is 14.5 Å². The van der Waals surface area contributed by atoms with E-state index in [9.17, 15) is 9.59 Å². The Morgan fingerprint density at radius 2 is 1.96 bits per heavy atom. The number of hydrogen-bond donors (Lipinski definition) is 2. The molecule has 5 nitrogen and oxygen atoms in total. The first-order valence-corrected chi connectivity index (χ1v) is 9.00. The molecule has 1 saturated carbocycles. The molecule has 2 amide bonds. The largest absolute Gasteiger partial charge is 0.355 e. The van der Waals surface area contributed by atoms with E-state index in [1.807, 2.05) is 6.07 Å². The highest BCUT2D eigenvalue weighted by Crippen LogP contribution is 2.35. The number of anilines is 1. The second-order valence-electron chi connectivity index (χ2n) is 7.04. The van der Waals surface area contributed by atoms with E-state index in [0.29, 0.717) is 17.8 Å². The Morgan fingerprint density at radius 1 is 1.17 bits per heavy atom. The fraction of sp³-hybridized carbons (Fsp3) is 0.579. The van der Waals surface area contributed by atoms with Gasteiger partial charge in [-0.25, -0.2) is 0 Å². The molecule has 1 aliphatic heterocycles. The van der Waals surface area contributed by atoms with Crippen molar-refractivity contribution in [1.82, 2.24) is 10.2 Å². The molecule has 2 aliphatic rings. The molecular weight excluding hydrogens is 302 g/mol. The van der Waals surface area contributed by atoms with Crippen LogP contribution >= 0.6 is 0 Å². The zero-order valence-corrected chi connectivity index (χ0v) is 14.4. The number of hydrogen-bond acceptors (Lipinski definition) is 3. The Labute approximate surface area is 143 Å². The number of nitrogens with one attached hydrogen (secondary N) is 2. The zero-order chi connectivity index (χ0) is 16.9. The van der Waals surface area contributed by atoms with Crippen LogP contribution in [0, 0.1) is 11.8 Å².